The highest BCUT2D eigenvalue weighted by Crippen LogP contribution is 2.63. The van der Waals surface area contributed by atoms with Crippen LogP contribution in [0.5, 0.6) is 0 Å². The highest BCUT2D eigenvalue weighted by atomic mass is 15.1. The second kappa shape index (κ2) is 16.4. The Morgan fingerprint density at radius 2 is 0.750 bits per heavy atom. The number of hydrogen-bond donors (Lipinski definition) is 0. The number of para-hydroxylation sites is 3. The Bertz CT molecular complexity index is 4380. The van der Waals surface area contributed by atoms with E-state index < -0.39 is 10.8 Å². The van der Waals surface area contributed by atoms with E-state index in [2.05, 4.69) is 301 Å². The van der Waals surface area contributed by atoms with Crippen molar-refractivity contribution in [1.82, 2.24) is 4.57 Å². The predicted molar refractivity (Wildman–Crippen MR) is 315 cm³/mol. The molecule has 0 fully saturated rings. The van der Waals surface area contributed by atoms with E-state index in [4.69, 9.17) is 0 Å². The van der Waals surface area contributed by atoms with Crippen molar-refractivity contribution in [2.24, 2.45) is 0 Å². The van der Waals surface area contributed by atoms with Crippen molar-refractivity contribution in [2.45, 2.75) is 10.8 Å². The van der Waals surface area contributed by atoms with Crippen molar-refractivity contribution in [3.8, 4) is 50.2 Å². The van der Waals surface area contributed by atoms with Crippen molar-refractivity contribution in [3.05, 3.63) is 336 Å². The van der Waals surface area contributed by atoms with Crippen LogP contribution >= 0.6 is 0 Å². The van der Waals surface area contributed by atoms with E-state index >= 15 is 0 Å². The fourth-order valence-corrected chi connectivity index (χ4v) is 14.2. The Morgan fingerprint density at radius 1 is 0.276 bits per heavy atom. The first kappa shape index (κ1) is 42.7. The normalized spacial score (nSPS) is 13.7. The van der Waals surface area contributed by atoms with Gasteiger partial charge < -0.3 is 9.47 Å². The van der Waals surface area contributed by atoms with Crippen LogP contribution in [0.4, 0.5) is 17.1 Å². The molecule has 354 valence electrons. The third-order valence-corrected chi connectivity index (χ3v) is 17.1. The lowest BCUT2D eigenvalue weighted by Crippen LogP contribution is -2.33. The first-order valence-electron chi connectivity index (χ1n) is 26.5. The summed E-state index contributed by atoms with van der Waals surface area (Å²) in [5, 5.41) is 2.45. The Balaban J connectivity index is 1.06. The topological polar surface area (TPSA) is 8.17 Å². The van der Waals surface area contributed by atoms with Gasteiger partial charge in [0.25, 0.3) is 0 Å². The van der Waals surface area contributed by atoms with Crippen LogP contribution in [0.3, 0.4) is 0 Å². The van der Waals surface area contributed by atoms with Gasteiger partial charge in [-0.05, 0) is 126 Å². The molecule has 1 aliphatic heterocycles. The van der Waals surface area contributed by atoms with Crippen LogP contribution in [0.25, 0.3) is 72.0 Å². The molecule has 0 N–H and O–H groups in total. The van der Waals surface area contributed by atoms with E-state index in [1.807, 2.05) is 0 Å². The monoisotopic (exact) mass is 964 g/mol. The number of rotatable bonds is 7. The van der Waals surface area contributed by atoms with E-state index in [-0.39, 0.29) is 0 Å². The van der Waals surface area contributed by atoms with Crippen LogP contribution in [-0.4, -0.2) is 4.57 Å². The molecule has 2 aliphatic carbocycles. The predicted octanol–water partition coefficient (Wildman–Crippen LogP) is 18.6. The lowest BCUT2D eigenvalue weighted by atomic mass is 9.65. The molecular formula is C74H48N2. The molecule has 0 bridgehead atoms. The van der Waals surface area contributed by atoms with Crippen molar-refractivity contribution < 1.29 is 0 Å². The van der Waals surface area contributed by atoms with Crippen LogP contribution in [0.1, 0.15) is 44.5 Å². The van der Waals surface area contributed by atoms with Crippen LogP contribution < -0.4 is 4.90 Å². The van der Waals surface area contributed by atoms with Crippen LogP contribution in [0.15, 0.2) is 291 Å². The number of fused-ring (bicyclic) bond motifs is 15. The van der Waals surface area contributed by atoms with E-state index in [0.29, 0.717) is 0 Å². The van der Waals surface area contributed by atoms with Crippen molar-refractivity contribution in [1.29, 1.82) is 0 Å². The number of aromatic nitrogens is 1. The second-order valence-electron chi connectivity index (χ2n) is 20.6. The molecule has 2 nitrogen and oxygen atoms in total. The van der Waals surface area contributed by atoms with Crippen molar-refractivity contribution in [3.63, 3.8) is 0 Å². The zero-order valence-corrected chi connectivity index (χ0v) is 41.6. The van der Waals surface area contributed by atoms with E-state index in [0.717, 1.165) is 22.6 Å². The zero-order chi connectivity index (χ0) is 50.0. The van der Waals surface area contributed by atoms with Gasteiger partial charge in [-0.1, -0.05) is 249 Å². The molecule has 13 aromatic rings. The average Bonchev–Trinajstić information content (AvgIpc) is 4.31. The summed E-state index contributed by atoms with van der Waals surface area (Å²) in [4.78, 5) is 2.59. The Hall–Kier alpha value is -9.76. The van der Waals surface area contributed by atoms with Crippen LogP contribution in [0, 0.1) is 0 Å². The summed E-state index contributed by atoms with van der Waals surface area (Å²) in [6.07, 6.45) is 0. The maximum Gasteiger partial charge on any atom is 0.0755 e. The molecule has 2 heterocycles. The summed E-state index contributed by atoms with van der Waals surface area (Å²) in [7, 11) is 0. The van der Waals surface area contributed by atoms with E-state index in [1.165, 1.54) is 111 Å². The van der Waals surface area contributed by atoms with Crippen molar-refractivity contribution >= 4 is 38.9 Å². The molecule has 16 rings (SSSR count). The first-order chi connectivity index (χ1) is 37.7. The number of benzene rings is 12. The number of nitrogens with zero attached hydrogens (tertiary/aromatic N) is 2. The van der Waals surface area contributed by atoms with Crippen LogP contribution in [0.2, 0.25) is 0 Å². The van der Waals surface area contributed by atoms with Gasteiger partial charge in [0.1, 0.15) is 0 Å². The van der Waals surface area contributed by atoms with Gasteiger partial charge in [-0.25, -0.2) is 0 Å². The summed E-state index contributed by atoms with van der Waals surface area (Å²) in [5.41, 5.74) is 25.7. The molecule has 12 aromatic carbocycles. The lowest BCUT2D eigenvalue weighted by Gasteiger charge is -2.40. The fraction of sp³-hybridized carbons (Fsp3) is 0.0270. The Labute approximate surface area is 442 Å². The molecule has 0 atom stereocenters. The third kappa shape index (κ3) is 5.70. The van der Waals surface area contributed by atoms with Gasteiger partial charge in [0, 0.05) is 27.7 Å². The quantitative estimate of drug-likeness (QED) is 0.155. The molecule has 1 aromatic heterocycles. The summed E-state index contributed by atoms with van der Waals surface area (Å²) >= 11 is 0. The minimum Gasteiger partial charge on any atom is -0.310 e. The third-order valence-electron chi connectivity index (χ3n) is 17.1. The van der Waals surface area contributed by atoms with E-state index in [9.17, 15) is 0 Å². The summed E-state index contributed by atoms with van der Waals surface area (Å²) in [5.74, 6) is 0. The standard InChI is InChI=1S/C74H48N2/c1-4-24-49(25-5-1)54-30-10-11-31-55(54)60-35-15-21-41-69(60)75(52-44-45-59-58-34-12-17-37-63(58)73(67(59)47-52,50-26-6-2-7-27-50)51-28-8-3-9-29-51)53-46-62-61-36-16-22-42-70(61)76-71-43-23-20-40-66(71)74(68(48-53)72(62)76)64-38-18-13-32-56(64)57-33-14-19-39-65(57)74/h1-48H. The zero-order valence-electron chi connectivity index (χ0n) is 41.6. The molecule has 0 radical (unpaired) electrons. The largest absolute Gasteiger partial charge is 0.310 e. The SMILES string of the molecule is c1ccc(-c2ccccc2-c2ccccc2N(c2ccc3c(c2)C(c2ccccc2)(c2ccccc2)c2ccccc2-3)c2cc3c4c(c2)c2ccccc2n4-c2ccccc2C32c3ccccc3-c3ccccc32)cc1. The minimum absolute atomic E-state index is 0.593. The van der Waals surface area contributed by atoms with Gasteiger partial charge >= 0.3 is 0 Å². The fourth-order valence-electron chi connectivity index (χ4n) is 14.2. The van der Waals surface area contributed by atoms with Gasteiger partial charge in [0.05, 0.1) is 33.2 Å². The highest BCUT2D eigenvalue weighted by molar-refractivity contribution is 6.14. The number of anilines is 3. The van der Waals surface area contributed by atoms with Crippen LogP contribution in [-0.2, 0) is 10.8 Å². The molecule has 0 amide bonds. The molecule has 0 unspecified atom stereocenters. The summed E-state index contributed by atoms with van der Waals surface area (Å²) in [6, 6.07) is 109. The minimum atomic E-state index is -0.622. The van der Waals surface area contributed by atoms with Gasteiger partial charge in [0.15, 0.2) is 0 Å². The molecule has 2 heteroatoms. The van der Waals surface area contributed by atoms with Gasteiger partial charge in [-0.3, -0.25) is 0 Å². The molecule has 0 saturated carbocycles. The molecule has 3 aliphatic rings. The van der Waals surface area contributed by atoms with Gasteiger partial charge in [-0.2, -0.15) is 0 Å². The van der Waals surface area contributed by atoms with Crippen molar-refractivity contribution in [2.75, 3.05) is 4.90 Å². The smallest absolute Gasteiger partial charge is 0.0755 e. The highest BCUT2D eigenvalue weighted by Gasteiger charge is 2.51. The first-order valence-corrected chi connectivity index (χ1v) is 26.5. The summed E-state index contributed by atoms with van der Waals surface area (Å²) in [6.45, 7) is 0. The maximum absolute atomic E-state index is 2.59. The number of hydrogen-bond acceptors (Lipinski definition) is 1. The lowest BCUT2D eigenvalue weighted by molar-refractivity contribution is 0.748. The maximum atomic E-state index is 2.59. The molecule has 76 heavy (non-hydrogen) atoms. The summed E-state index contributed by atoms with van der Waals surface area (Å²) < 4.78 is 2.56. The van der Waals surface area contributed by atoms with Gasteiger partial charge in [-0.15, -0.1) is 0 Å². The molecule has 0 saturated heterocycles. The Morgan fingerprint density at radius 3 is 1.41 bits per heavy atom. The van der Waals surface area contributed by atoms with Gasteiger partial charge in [0.2, 0.25) is 0 Å². The van der Waals surface area contributed by atoms with E-state index in [1.54, 1.807) is 0 Å². The molecule has 1 spiro atoms. The Kier molecular flexibility index (Phi) is 9.20. The average molecular weight is 965 g/mol. The molecular weight excluding hydrogens is 917 g/mol. The second-order valence-corrected chi connectivity index (χ2v) is 20.6.